The predicted molar refractivity (Wildman–Crippen MR) is 255 cm³/mol. The number of carbonyl (C=O) groups excluding carboxylic acids is 1. The molecule has 74 heavy (non-hydrogen) atoms. The first-order valence-corrected chi connectivity index (χ1v) is 27.2. The number of carbonyl (C=O) groups is 1. The smallest absolute Gasteiger partial charge is 0.315 e. The Morgan fingerprint density at radius 3 is 1.96 bits per heavy atom. The minimum absolute atomic E-state index is 0.0764. The van der Waals surface area contributed by atoms with Crippen molar-refractivity contribution in [2.24, 2.45) is 56.7 Å². The van der Waals surface area contributed by atoms with E-state index >= 15 is 4.79 Å². The number of hydrogen-bond acceptors (Lipinski definition) is 21. The Kier molecular flexibility index (Phi) is 16.1. The maximum atomic E-state index is 15.1. The molecule has 29 unspecified atom stereocenters. The van der Waals surface area contributed by atoms with Gasteiger partial charge in [0, 0.05) is 0 Å². The normalized spacial score (nSPS) is 55.4. The zero-order valence-electron chi connectivity index (χ0n) is 44.0. The van der Waals surface area contributed by atoms with Crippen molar-refractivity contribution >= 4 is 5.97 Å². The van der Waals surface area contributed by atoms with Gasteiger partial charge in [0.05, 0.1) is 37.4 Å². The van der Waals surface area contributed by atoms with Crippen LogP contribution in [-0.2, 0) is 42.7 Å². The van der Waals surface area contributed by atoms with Crippen LogP contribution in [-0.4, -0.2) is 210 Å². The Morgan fingerprint density at radius 1 is 0.635 bits per heavy atom. The van der Waals surface area contributed by atoms with Crippen LogP contribution in [0.3, 0.4) is 0 Å². The van der Waals surface area contributed by atoms with Crippen LogP contribution < -0.4 is 0 Å². The minimum Gasteiger partial charge on any atom is -0.432 e. The second-order valence-electron chi connectivity index (χ2n) is 25.3. The number of allylic oxidation sites excluding steroid dienone is 2. The van der Waals surface area contributed by atoms with Gasteiger partial charge in [0.2, 0.25) is 6.29 Å². The van der Waals surface area contributed by atoms with E-state index in [1.165, 1.54) is 12.5 Å². The summed E-state index contributed by atoms with van der Waals surface area (Å²) in [7, 11) is 0. The molecule has 4 heterocycles. The summed E-state index contributed by atoms with van der Waals surface area (Å²) < 4.78 is 47.8. The summed E-state index contributed by atoms with van der Waals surface area (Å²) in [5, 5.41) is 127. The molecule has 9 rings (SSSR count). The van der Waals surface area contributed by atoms with Gasteiger partial charge in [-0.3, -0.25) is 4.79 Å². The van der Waals surface area contributed by atoms with E-state index in [9.17, 15) is 61.3 Å². The van der Waals surface area contributed by atoms with Crippen molar-refractivity contribution in [3.63, 3.8) is 0 Å². The Bertz CT molecular complexity index is 2030. The van der Waals surface area contributed by atoms with Gasteiger partial charge in [0.1, 0.15) is 85.5 Å². The SMILES string of the molecule is CC1CCC2(C(=O)OC3OC(COC4OC(CO)C(O)C(O)C4O)C(O)C(O)C3O)CCC3(C)C(=CCC4C5(C)CCC(OC6OCC(O)C(O)C6OC6OC(C)C(O)C(O)C6O)C(C)(C)C5CCC43C)C2C1C. The maximum Gasteiger partial charge on any atom is 0.315 e. The maximum absolute atomic E-state index is 15.1. The molecule has 0 spiro atoms. The van der Waals surface area contributed by atoms with Crippen molar-refractivity contribution in [2.75, 3.05) is 19.8 Å². The van der Waals surface area contributed by atoms with E-state index in [1.54, 1.807) is 0 Å². The van der Waals surface area contributed by atoms with Gasteiger partial charge in [-0.15, -0.1) is 0 Å². The van der Waals surface area contributed by atoms with Crippen molar-refractivity contribution in [3.8, 4) is 0 Å². The minimum atomic E-state index is -1.82. The highest BCUT2D eigenvalue weighted by Crippen LogP contribution is 2.76. The van der Waals surface area contributed by atoms with E-state index in [1.807, 2.05) is 0 Å². The van der Waals surface area contributed by atoms with Gasteiger partial charge in [-0.05, 0) is 116 Å². The molecule has 21 heteroatoms. The number of fused-ring (bicyclic) bond motifs is 7. The van der Waals surface area contributed by atoms with Crippen LogP contribution >= 0.6 is 0 Å². The molecule has 0 bridgehead atoms. The molecule has 4 saturated carbocycles. The molecule has 0 aromatic heterocycles. The van der Waals surface area contributed by atoms with Gasteiger partial charge in [-0.2, -0.15) is 0 Å². The lowest BCUT2D eigenvalue weighted by Gasteiger charge is -2.71. The molecule has 8 fully saturated rings. The van der Waals surface area contributed by atoms with Crippen LogP contribution in [0.2, 0.25) is 0 Å². The number of esters is 1. The largest absolute Gasteiger partial charge is 0.432 e. The zero-order valence-corrected chi connectivity index (χ0v) is 44.0. The molecule has 12 N–H and O–H groups in total. The Balaban J connectivity index is 0.923. The Morgan fingerprint density at radius 2 is 1.27 bits per heavy atom. The van der Waals surface area contributed by atoms with Crippen LogP contribution in [0.4, 0.5) is 0 Å². The average Bonchev–Trinajstić information content (AvgIpc) is 3.36. The fourth-order valence-electron chi connectivity index (χ4n) is 16.3. The summed E-state index contributed by atoms with van der Waals surface area (Å²) >= 11 is 0. The first-order valence-electron chi connectivity index (χ1n) is 27.2. The summed E-state index contributed by atoms with van der Waals surface area (Å²) in [5.74, 6) is 0.0396. The van der Waals surface area contributed by atoms with Crippen molar-refractivity contribution in [3.05, 3.63) is 11.6 Å². The fourth-order valence-corrected chi connectivity index (χ4v) is 16.3. The number of rotatable bonds is 10. The Labute approximate surface area is 433 Å². The molecule has 4 aliphatic heterocycles. The number of hydrogen-bond donors (Lipinski definition) is 12. The van der Waals surface area contributed by atoms with Gasteiger partial charge in [-0.1, -0.05) is 60.1 Å². The highest BCUT2D eigenvalue weighted by atomic mass is 16.8. The molecule has 0 amide bonds. The molecule has 9 aliphatic rings. The molecule has 21 nitrogen and oxygen atoms in total. The lowest BCUT2D eigenvalue weighted by atomic mass is 9.33. The van der Waals surface area contributed by atoms with Crippen molar-refractivity contribution < 1.29 is 104 Å². The highest BCUT2D eigenvalue weighted by Gasteiger charge is 2.70. The molecule has 0 radical (unpaired) electrons. The third kappa shape index (κ3) is 9.08. The predicted octanol–water partition coefficient (Wildman–Crippen LogP) is -0.513. The molecule has 5 aliphatic carbocycles. The van der Waals surface area contributed by atoms with Crippen molar-refractivity contribution in [1.82, 2.24) is 0 Å². The average molecular weight is 1060 g/mol. The van der Waals surface area contributed by atoms with Gasteiger partial charge in [-0.25, -0.2) is 0 Å². The monoisotopic (exact) mass is 1060 g/mol. The van der Waals surface area contributed by atoms with Crippen molar-refractivity contribution in [1.29, 1.82) is 0 Å². The molecule has 0 aromatic rings. The molecule has 4 saturated heterocycles. The summed E-state index contributed by atoms with van der Waals surface area (Å²) in [5.41, 5.74) is -0.773. The van der Waals surface area contributed by atoms with Crippen molar-refractivity contribution in [2.45, 2.75) is 236 Å². The molecular formula is C53H86O21. The molecule has 0 aromatic carbocycles. The third-order valence-electron chi connectivity index (χ3n) is 21.3. The number of aliphatic hydroxyl groups is 12. The third-order valence-corrected chi connectivity index (χ3v) is 21.3. The zero-order chi connectivity index (χ0) is 53.9. The van der Waals surface area contributed by atoms with Gasteiger partial charge in [0.15, 0.2) is 18.9 Å². The van der Waals surface area contributed by atoms with Crippen LogP contribution in [0.1, 0.15) is 113 Å². The number of ether oxygens (including phenoxy) is 8. The van der Waals surface area contributed by atoms with Crippen LogP contribution in [0.5, 0.6) is 0 Å². The number of aliphatic hydroxyl groups excluding tert-OH is 12. The van der Waals surface area contributed by atoms with Crippen LogP contribution in [0.15, 0.2) is 11.6 Å². The van der Waals surface area contributed by atoms with E-state index in [-0.39, 0.29) is 58.5 Å². The summed E-state index contributed by atoms with van der Waals surface area (Å²) in [6.45, 7) is 16.2. The van der Waals surface area contributed by atoms with E-state index in [0.717, 1.165) is 32.1 Å². The van der Waals surface area contributed by atoms with E-state index in [0.29, 0.717) is 25.7 Å². The molecular weight excluding hydrogens is 973 g/mol. The second kappa shape index (κ2) is 20.8. The summed E-state index contributed by atoms with van der Waals surface area (Å²) in [6.07, 6.45) is -19.8. The summed E-state index contributed by atoms with van der Waals surface area (Å²) in [6, 6.07) is 0. The van der Waals surface area contributed by atoms with Gasteiger partial charge < -0.3 is 99.2 Å². The first kappa shape index (κ1) is 57.1. The van der Waals surface area contributed by atoms with E-state index in [2.05, 4.69) is 54.5 Å². The lowest BCUT2D eigenvalue weighted by Crippen LogP contribution is -2.66. The van der Waals surface area contributed by atoms with E-state index < -0.39 is 147 Å². The van der Waals surface area contributed by atoms with E-state index in [4.69, 9.17) is 37.9 Å². The second-order valence-corrected chi connectivity index (χ2v) is 25.3. The first-order chi connectivity index (χ1) is 34.7. The topological polar surface area (TPSA) is 334 Å². The lowest BCUT2D eigenvalue weighted by molar-refractivity contribution is -0.364. The van der Waals surface area contributed by atoms with Crippen LogP contribution in [0, 0.1) is 56.7 Å². The standard InChI is InChI=1S/C53H86O21/c1-22-11-16-53(48(66)74-46-42(65)39(62)36(59)28(71-46)21-68-44-40(63)38(61)35(58)27(19-54)70-44)18-17-51(7)25(32(53)23(22)2)9-10-30-50(6)14-13-31(49(4,5)29(50)12-15-52(30,51)8)72-47-43(34(57)26(55)20-67-47)73-45-41(64)37(60)33(56)24(3)69-45/h9,22-24,26-47,54-65H,10-21H2,1-8H3. The fraction of sp³-hybridized carbons (Fsp3) is 0.943. The molecule has 424 valence electrons. The highest BCUT2D eigenvalue weighted by molar-refractivity contribution is 5.79. The quantitative estimate of drug-likeness (QED) is 0.0745. The van der Waals surface area contributed by atoms with Crippen LogP contribution in [0.25, 0.3) is 0 Å². The summed E-state index contributed by atoms with van der Waals surface area (Å²) in [4.78, 5) is 15.1. The molecule has 29 atom stereocenters. The van der Waals surface area contributed by atoms with Gasteiger partial charge in [0.25, 0.3) is 0 Å². The van der Waals surface area contributed by atoms with Gasteiger partial charge >= 0.3 is 5.97 Å². The Hall–Kier alpha value is -1.55.